The lowest BCUT2D eigenvalue weighted by atomic mass is 10.5. The topological polar surface area (TPSA) is 133 Å². The van der Waals surface area contributed by atoms with E-state index in [1.165, 1.54) is 18.6 Å². The third kappa shape index (κ3) is 5.39. The minimum Gasteiger partial charge on any atom is -0.480 e. The maximum Gasteiger partial charge on any atom is 0.322 e. The quantitative estimate of drug-likeness (QED) is 0.520. The lowest BCUT2D eigenvalue weighted by Gasteiger charge is -2.06. The Labute approximate surface area is 102 Å². The molecule has 3 amide bonds. The molecule has 96 valence electrons. The summed E-state index contributed by atoms with van der Waals surface area (Å²) in [6, 6.07) is -0.638. The number of carboxylic acids is 1. The second-order valence-corrected chi connectivity index (χ2v) is 3.07. The zero-order valence-corrected chi connectivity index (χ0v) is 9.21. The third-order valence-corrected chi connectivity index (χ3v) is 1.65. The van der Waals surface area contributed by atoms with Crippen molar-refractivity contribution in [2.75, 3.05) is 18.4 Å². The molecule has 18 heavy (non-hydrogen) atoms. The van der Waals surface area contributed by atoms with Crippen molar-refractivity contribution < 1.29 is 19.5 Å². The molecule has 0 radical (unpaired) electrons. The molecule has 0 saturated carbocycles. The molecule has 0 aliphatic heterocycles. The minimum atomic E-state index is -1.16. The Morgan fingerprint density at radius 3 is 2.56 bits per heavy atom. The van der Waals surface area contributed by atoms with Crippen molar-refractivity contribution >= 4 is 23.7 Å². The first-order valence-electron chi connectivity index (χ1n) is 4.87. The number of rotatable bonds is 5. The van der Waals surface area contributed by atoms with Crippen molar-refractivity contribution in [3.05, 3.63) is 18.6 Å². The number of carbonyl (C=O) groups excluding carboxylic acids is 2. The van der Waals surface area contributed by atoms with Crippen LogP contribution in [0.1, 0.15) is 0 Å². The van der Waals surface area contributed by atoms with Crippen LogP contribution in [0.15, 0.2) is 18.6 Å². The number of nitrogens with zero attached hydrogens (tertiary/aromatic N) is 2. The summed E-state index contributed by atoms with van der Waals surface area (Å²) in [7, 11) is 0. The molecule has 0 aromatic carbocycles. The number of anilines is 1. The number of aromatic nitrogens is 2. The molecule has 0 aliphatic carbocycles. The van der Waals surface area contributed by atoms with Gasteiger partial charge in [0.1, 0.15) is 6.54 Å². The summed E-state index contributed by atoms with van der Waals surface area (Å²) in [5.74, 6) is -1.53. The van der Waals surface area contributed by atoms with Gasteiger partial charge in [-0.3, -0.25) is 19.9 Å². The Bertz CT molecular complexity index is 436. The second kappa shape index (κ2) is 6.78. The van der Waals surface area contributed by atoms with Crippen LogP contribution in [-0.4, -0.2) is 46.1 Å². The molecule has 0 saturated heterocycles. The highest BCUT2D eigenvalue weighted by molar-refractivity contribution is 5.91. The molecule has 1 heterocycles. The van der Waals surface area contributed by atoms with Gasteiger partial charge in [0.2, 0.25) is 5.91 Å². The number of hydrogen-bond acceptors (Lipinski definition) is 5. The Kier molecular flexibility index (Phi) is 5.03. The number of carbonyl (C=O) groups is 3. The molecule has 9 nitrogen and oxygen atoms in total. The average molecular weight is 253 g/mol. The van der Waals surface area contributed by atoms with E-state index in [2.05, 4.69) is 25.9 Å². The van der Waals surface area contributed by atoms with Gasteiger partial charge in [0.25, 0.3) is 0 Å². The fraction of sp³-hybridized carbons (Fsp3) is 0.222. The highest BCUT2D eigenvalue weighted by Gasteiger charge is 2.06. The van der Waals surface area contributed by atoms with E-state index in [0.717, 1.165) is 0 Å². The van der Waals surface area contributed by atoms with E-state index < -0.39 is 24.5 Å². The Hall–Kier alpha value is -2.71. The van der Waals surface area contributed by atoms with Gasteiger partial charge in [-0.15, -0.1) is 0 Å². The molecule has 0 atom stereocenters. The van der Waals surface area contributed by atoms with Crippen LogP contribution in [0.4, 0.5) is 10.6 Å². The summed E-state index contributed by atoms with van der Waals surface area (Å²) in [5, 5.41) is 15.0. The number of carboxylic acid groups (broad SMARTS) is 1. The second-order valence-electron chi connectivity index (χ2n) is 3.07. The Morgan fingerprint density at radius 2 is 1.94 bits per heavy atom. The molecular formula is C9H11N5O4. The Balaban J connectivity index is 2.25. The number of aliphatic carboxylic acids is 1. The molecular weight excluding hydrogens is 242 g/mol. The molecule has 0 unspecified atom stereocenters. The van der Waals surface area contributed by atoms with Gasteiger partial charge in [0.15, 0.2) is 5.82 Å². The Morgan fingerprint density at radius 1 is 1.17 bits per heavy atom. The summed E-state index contributed by atoms with van der Waals surface area (Å²) in [6.45, 7) is -0.828. The fourth-order valence-corrected chi connectivity index (χ4v) is 0.921. The van der Waals surface area contributed by atoms with Crippen LogP contribution in [0.2, 0.25) is 0 Å². The minimum absolute atomic E-state index is 0.237. The van der Waals surface area contributed by atoms with Gasteiger partial charge in [-0.05, 0) is 0 Å². The molecule has 1 aromatic heterocycles. The zero-order chi connectivity index (χ0) is 13.4. The van der Waals surface area contributed by atoms with Crippen LogP contribution in [0.25, 0.3) is 0 Å². The summed E-state index contributed by atoms with van der Waals surface area (Å²) in [4.78, 5) is 40.0. The van der Waals surface area contributed by atoms with Gasteiger partial charge in [-0.25, -0.2) is 9.78 Å². The van der Waals surface area contributed by atoms with E-state index in [0.29, 0.717) is 0 Å². The van der Waals surface area contributed by atoms with Crippen molar-refractivity contribution in [2.24, 2.45) is 0 Å². The number of hydrogen-bond donors (Lipinski definition) is 4. The SMILES string of the molecule is O=C(O)CNC(=O)CNC(=O)Nc1cnccn1. The van der Waals surface area contributed by atoms with Gasteiger partial charge < -0.3 is 15.7 Å². The summed E-state index contributed by atoms with van der Waals surface area (Å²) < 4.78 is 0. The highest BCUT2D eigenvalue weighted by Crippen LogP contribution is 1.95. The largest absolute Gasteiger partial charge is 0.480 e. The number of urea groups is 1. The van der Waals surface area contributed by atoms with E-state index in [-0.39, 0.29) is 12.4 Å². The van der Waals surface area contributed by atoms with Crippen molar-refractivity contribution in [3.63, 3.8) is 0 Å². The van der Waals surface area contributed by atoms with Crippen molar-refractivity contribution in [3.8, 4) is 0 Å². The zero-order valence-electron chi connectivity index (χ0n) is 9.21. The first-order chi connectivity index (χ1) is 8.58. The van der Waals surface area contributed by atoms with Crippen molar-refractivity contribution in [1.82, 2.24) is 20.6 Å². The molecule has 1 aromatic rings. The predicted molar refractivity (Wildman–Crippen MR) is 59.7 cm³/mol. The van der Waals surface area contributed by atoms with Gasteiger partial charge in [0.05, 0.1) is 12.7 Å². The molecule has 4 N–H and O–H groups in total. The maximum absolute atomic E-state index is 11.3. The van der Waals surface area contributed by atoms with E-state index in [4.69, 9.17) is 5.11 Å². The first-order valence-corrected chi connectivity index (χ1v) is 4.87. The fourth-order valence-electron chi connectivity index (χ4n) is 0.921. The lowest BCUT2D eigenvalue weighted by Crippen LogP contribution is -2.40. The van der Waals surface area contributed by atoms with Crippen molar-refractivity contribution in [1.29, 1.82) is 0 Å². The summed E-state index contributed by atoms with van der Waals surface area (Å²) in [5.41, 5.74) is 0. The summed E-state index contributed by atoms with van der Waals surface area (Å²) >= 11 is 0. The molecule has 0 fully saturated rings. The third-order valence-electron chi connectivity index (χ3n) is 1.65. The van der Waals surface area contributed by atoms with Crippen LogP contribution in [0.3, 0.4) is 0 Å². The molecule has 0 aliphatic rings. The number of amides is 3. The van der Waals surface area contributed by atoms with Crippen LogP contribution >= 0.6 is 0 Å². The smallest absolute Gasteiger partial charge is 0.322 e. The van der Waals surface area contributed by atoms with E-state index in [1.54, 1.807) is 0 Å². The van der Waals surface area contributed by atoms with Crippen LogP contribution < -0.4 is 16.0 Å². The van der Waals surface area contributed by atoms with E-state index in [1.807, 2.05) is 0 Å². The summed E-state index contributed by atoms with van der Waals surface area (Å²) in [6.07, 6.45) is 4.18. The van der Waals surface area contributed by atoms with Gasteiger partial charge in [-0.1, -0.05) is 0 Å². The molecule has 0 bridgehead atoms. The molecule has 1 rings (SSSR count). The first kappa shape index (κ1) is 13.4. The highest BCUT2D eigenvalue weighted by atomic mass is 16.4. The maximum atomic E-state index is 11.3. The van der Waals surface area contributed by atoms with E-state index in [9.17, 15) is 14.4 Å². The van der Waals surface area contributed by atoms with Crippen LogP contribution in [0, 0.1) is 0 Å². The van der Waals surface area contributed by atoms with Gasteiger partial charge in [-0.2, -0.15) is 0 Å². The van der Waals surface area contributed by atoms with Crippen molar-refractivity contribution in [2.45, 2.75) is 0 Å². The molecule has 9 heteroatoms. The number of nitrogens with one attached hydrogen (secondary N) is 3. The van der Waals surface area contributed by atoms with Gasteiger partial charge in [0, 0.05) is 12.4 Å². The average Bonchev–Trinajstić information content (AvgIpc) is 2.35. The van der Waals surface area contributed by atoms with Gasteiger partial charge >= 0.3 is 12.0 Å². The normalized spacial score (nSPS) is 9.33. The monoisotopic (exact) mass is 253 g/mol. The lowest BCUT2D eigenvalue weighted by molar-refractivity contribution is -0.137. The van der Waals surface area contributed by atoms with Crippen LogP contribution in [0.5, 0.6) is 0 Å². The molecule has 0 spiro atoms. The predicted octanol–water partition coefficient (Wildman–Crippen LogP) is -1.20. The van der Waals surface area contributed by atoms with Crippen LogP contribution in [-0.2, 0) is 9.59 Å². The standard InChI is InChI=1S/C9H11N5O4/c15-7(12-5-8(16)17)4-13-9(18)14-6-3-10-1-2-11-6/h1-3H,4-5H2,(H,12,15)(H,16,17)(H2,11,13,14,18). The van der Waals surface area contributed by atoms with E-state index >= 15 is 0 Å².